The quantitative estimate of drug-likeness (QED) is 0.773. The molecule has 0 bridgehead atoms. The van der Waals surface area contributed by atoms with Crippen LogP contribution in [0.1, 0.15) is 55.3 Å². The summed E-state index contributed by atoms with van der Waals surface area (Å²) in [6.45, 7) is 7.43. The maximum Gasteiger partial charge on any atom is 0.138 e. The second-order valence-corrected chi connectivity index (χ2v) is 7.29. The molecule has 0 aliphatic heterocycles. The van der Waals surface area contributed by atoms with E-state index >= 15 is 0 Å². The zero-order valence-electron chi connectivity index (χ0n) is 13.8. The molecule has 2 aromatic rings. The second-order valence-electron chi connectivity index (χ2n) is 6.09. The molecule has 118 valence electrons. The number of thiophene rings is 1. The lowest BCUT2D eigenvalue weighted by Crippen LogP contribution is -2.08. The predicted octanol–water partition coefficient (Wildman–Crippen LogP) is 5.17. The topological polar surface area (TPSA) is 37.8 Å². The van der Waals surface area contributed by atoms with Crippen LogP contribution in [0.3, 0.4) is 0 Å². The van der Waals surface area contributed by atoms with E-state index in [1.807, 2.05) is 0 Å². The van der Waals surface area contributed by atoms with Crippen LogP contribution < -0.4 is 5.32 Å². The molecule has 2 aromatic heterocycles. The number of aromatic nitrogens is 2. The van der Waals surface area contributed by atoms with Crippen molar-refractivity contribution in [3.8, 4) is 0 Å². The first kappa shape index (κ1) is 15.5. The van der Waals surface area contributed by atoms with Gasteiger partial charge in [0, 0.05) is 17.8 Å². The van der Waals surface area contributed by atoms with E-state index in [1.165, 1.54) is 41.5 Å². The summed E-state index contributed by atoms with van der Waals surface area (Å²) >= 11 is 1.78. The fourth-order valence-corrected chi connectivity index (χ4v) is 4.10. The van der Waals surface area contributed by atoms with Crippen LogP contribution >= 0.6 is 11.3 Å². The number of nitrogens with one attached hydrogen (secondary N) is 1. The highest BCUT2D eigenvalue weighted by Crippen LogP contribution is 2.33. The van der Waals surface area contributed by atoms with E-state index in [0.29, 0.717) is 0 Å². The van der Waals surface area contributed by atoms with Crippen LogP contribution in [0.25, 0.3) is 10.2 Å². The molecule has 1 N–H and O–H groups in total. The van der Waals surface area contributed by atoms with E-state index in [2.05, 4.69) is 37.1 Å². The van der Waals surface area contributed by atoms with Crippen molar-refractivity contribution in [1.82, 2.24) is 9.97 Å². The highest BCUT2D eigenvalue weighted by atomic mass is 32.1. The monoisotopic (exact) mass is 315 g/mol. The third-order valence-electron chi connectivity index (χ3n) is 4.51. The van der Waals surface area contributed by atoms with Crippen LogP contribution in [-0.4, -0.2) is 16.5 Å². The summed E-state index contributed by atoms with van der Waals surface area (Å²) < 4.78 is 0. The Labute approximate surface area is 136 Å². The molecule has 0 radical (unpaired) electrons. The number of anilines is 1. The zero-order valence-corrected chi connectivity index (χ0v) is 14.6. The van der Waals surface area contributed by atoms with Gasteiger partial charge in [-0.1, -0.05) is 18.6 Å². The molecule has 0 unspecified atom stereocenters. The first-order valence-corrected chi connectivity index (χ1v) is 9.19. The minimum Gasteiger partial charge on any atom is -0.369 e. The van der Waals surface area contributed by atoms with Crippen molar-refractivity contribution in [3.63, 3.8) is 0 Å². The van der Waals surface area contributed by atoms with Gasteiger partial charge in [-0.15, -0.1) is 11.3 Å². The molecule has 0 saturated carbocycles. The van der Waals surface area contributed by atoms with Crippen molar-refractivity contribution in [3.05, 3.63) is 27.9 Å². The van der Waals surface area contributed by atoms with E-state index in [9.17, 15) is 0 Å². The van der Waals surface area contributed by atoms with Gasteiger partial charge >= 0.3 is 0 Å². The smallest absolute Gasteiger partial charge is 0.138 e. The molecule has 2 heterocycles. The molecule has 4 heteroatoms. The average molecular weight is 315 g/mol. The van der Waals surface area contributed by atoms with Crippen molar-refractivity contribution < 1.29 is 0 Å². The van der Waals surface area contributed by atoms with E-state index in [0.717, 1.165) is 35.9 Å². The van der Waals surface area contributed by atoms with Gasteiger partial charge in [0.1, 0.15) is 16.5 Å². The van der Waals surface area contributed by atoms with Crippen molar-refractivity contribution >= 4 is 27.4 Å². The van der Waals surface area contributed by atoms with Gasteiger partial charge in [-0.3, -0.25) is 0 Å². The maximum absolute atomic E-state index is 4.74. The summed E-state index contributed by atoms with van der Waals surface area (Å²) in [6.07, 6.45) is 9.69. The van der Waals surface area contributed by atoms with Gasteiger partial charge in [-0.05, 0) is 51.5 Å². The van der Waals surface area contributed by atoms with Gasteiger partial charge in [-0.25, -0.2) is 9.97 Å². The molecular weight excluding hydrogens is 290 g/mol. The molecule has 1 aliphatic rings. The number of hydrogen-bond acceptors (Lipinski definition) is 4. The van der Waals surface area contributed by atoms with E-state index < -0.39 is 0 Å². The van der Waals surface area contributed by atoms with Gasteiger partial charge in [0.2, 0.25) is 0 Å². The van der Waals surface area contributed by atoms with Crippen LogP contribution in [-0.2, 0) is 6.42 Å². The molecule has 0 spiro atoms. The Morgan fingerprint density at radius 1 is 1.23 bits per heavy atom. The molecule has 3 rings (SSSR count). The highest BCUT2D eigenvalue weighted by molar-refractivity contribution is 7.18. The van der Waals surface area contributed by atoms with Crippen molar-refractivity contribution in [2.24, 2.45) is 0 Å². The number of aryl methyl sites for hydroxylation is 3. The van der Waals surface area contributed by atoms with Crippen molar-refractivity contribution in [2.75, 3.05) is 11.9 Å². The normalized spacial score (nSPS) is 15.1. The van der Waals surface area contributed by atoms with E-state index in [4.69, 9.17) is 4.98 Å². The lowest BCUT2D eigenvalue weighted by Gasteiger charge is -2.14. The number of rotatable bonds is 5. The van der Waals surface area contributed by atoms with Crippen LogP contribution in [0.2, 0.25) is 0 Å². The molecule has 0 aromatic carbocycles. The van der Waals surface area contributed by atoms with E-state index in [1.54, 1.807) is 16.9 Å². The Kier molecular flexibility index (Phi) is 4.77. The minimum absolute atomic E-state index is 0.881. The minimum atomic E-state index is 0.881. The number of nitrogens with zero attached hydrogens (tertiary/aromatic N) is 2. The molecule has 3 nitrogen and oxygen atoms in total. The number of hydrogen-bond donors (Lipinski definition) is 1. The molecule has 0 atom stereocenters. The Morgan fingerprint density at radius 3 is 2.82 bits per heavy atom. The lowest BCUT2D eigenvalue weighted by molar-refractivity contribution is 0.679. The predicted molar refractivity (Wildman–Crippen MR) is 95.9 cm³/mol. The first-order valence-electron chi connectivity index (χ1n) is 8.37. The second kappa shape index (κ2) is 6.78. The molecule has 1 aliphatic carbocycles. The molecule has 22 heavy (non-hydrogen) atoms. The standard InChI is InChI=1S/C18H25N3S/c1-4-15-20-17(16-12(2)13(3)22-18(16)21-15)19-11-10-14-8-6-5-7-9-14/h8H,4-7,9-11H2,1-3H3,(H,19,20,21). The lowest BCUT2D eigenvalue weighted by atomic mass is 9.97. The van der Waals surface area contributed by atoms with Crippen LogP contribution in [0.5, 0.6) is 0 Å². The molecule has 0 fully saturated rings. The number of allylic oxidation sites excluding steroid dienone is 1. The van der Waals surface area contributed by atoms with Gasteiger partial charge in [0.25, 0.3) is 0 Å². The van der Waals surface area contributed by atoms with Gasteiger partial charge in [0.15, 0.2) is 0 Å². The fraction of sp³-hybridized carbons (Fsp3) is 0.556. The third-order valence-corrected chi connectivity index (χ3v) is 5.62. The number of fused-ring (bicyclic) bond motifs is 1. The summed E-state index contributed by atoms with van der Waals surface area (Å²) in [5, 5.41) is 4.80. The first-order chi connectivity index (χ1) is 10.7. The van der Waals surface area contributed by atoms with Crippen LogP contribution in [0.4, 0.5) is 5.82 Å². The zero-order chi connectivity index (χ0) is 15.5. The molecule has 0 amide bonds. The largest absolute Gasteiger partial charge is 0.369 e. The van der Waals surface area contributed by atoms with Gasteiger partial charge in [0.05, 0.1) is 5.39 Å². The highest BCUT2D eigenvalue weighted by Gasteiger charge is 2.14. The summed E-state index contributed by atoms with van der Waals surface area (Å²) in [7, 11) is 0. The SMILES string of the molecule is CCc1nc(NCCC2=CCCCC2)c2c(C)c(C)sc2n1. The summed E-state index contributed by atoms with van der Waals surface area (Å²) in [4.78, 5) is 11.9. The van der Waals surface area contributed by atoms with Gasteiger partial charge < -0.3 is 5.32 Å². The Balaban J connectivity index is 1.80. The fourth-order valence-electron chi connectivity index (χ4n) is 3.05. The summed E-state index contributed by atoms with van der Waals surface area (Å²) in [5.41, 5.74) is 2.93. The average Bonchev–Trinajstić information content (AvgIpc) is 2.83. The molecule has 0 saturated heterocycles. The molecular formula is C18H25N3S. The Bertz CT molecular complexity index is 700. The van der Waals surface area contributed by atoms with Crippen LogP contribution in [0, 0.1) is 13.8 Å². The summed E-state index contributed by atoms with van der Waals surface area (Å²) in [5.74, 6) is 1.97. The van der Waals surface area contributed by atoms with Crippen LogP contribution in [0.15, 0.2) is 11.6 Å². The summed E-state index contributed by atoms with van der Waals surface area (Å²) in [6, 6.07) is 0. The maximum atomic E-state index is 4.74. The van der Waals surface area contributed by atoms with Gasteiger partial charge in [-0.2, -0.15) is 0 Å². The third kappa shape index (κ3) is 3.17. The Morgan fingerprint density at radius 2 is 2.09 bits per heavy atom. The van der Waals surface area contributed by atoms with E-state index in [-0.39, 0.29) is 0 Å². The Hall–Kier alpha value is -1.42. The van der Waals surface area contributed by atoms with Crippen molar-refractivity contribution in [1.29, 1.82) is 0 Å². The van der Waals surface area contributed by atoms with Crippen molar-refractivity contribution in [2.45, 2.75) is 59.3 Å².